The molecule has 1 saturated heterocycles. The van der Waals surface area contributed by atoms with Crippen molar-refractivity contribution in [1.82, 2.24) is 15.1 Å². The van der Waals surface area contributed by atoms with Gasteiger partial charge in [0.2, 0.25) is 0 Å². The Bertz CT molecular complexity index is 216. The molecule has 0 aromatic heterocycles. The molecule has 0 aliphatic carbocycles. The summed E-state index contributed by atoms with van der Waals surface area (Å²) in [6.45, 7) is 9.49. The quantitative estimate of drug-likeness (QED) is 0.749. The zero-order valence-electron chi connectivity index (χ0n) is 13.1. The third kappa shape index (κ3) is 6.17. The van der Waals surface area contributed by atoms with Gasteiger partial charge in [0.05, 0.1) is 0 Å². The molecule has 18 heavy (non-hydrogen) atoms. The summed E-state index contributed by atoms with van der Waals surface area (Å²) in [5.74, 6) is 1.63. The summed E-state index contributed by atoms with van der Waals surface area (Å²) in [7, 11) is 6.64. The monoisotopic (exact) mass is 255 g/mol. The highest BCUT2D eigenvalue weighted by atomic mass is 15.1. The van der Waals surface area contributed by atoms with Gasteiger partial charge in [0.15, 0.2) is 0 Å². The minimum Gasteiger partial charge on any atom is -0.315 e. The maximum atomic E-state index is 3.69. The average molecular weight is 255 g/mol. The number of hydrogen-bond donors (Lipinski definition) is 1. The average Bonchev–Trinajstić information content (AvgIpc) is 2.27. The fourth-order valence-electron chi connectivity index (χ4n) is 2.91. The summed E-state index contributed by atoms with van der Waals surface area (Å²) < 4.78 is 0. The fourth-order valence-corrected chi connectivity index (χ4v) is 2.91. The Hall–Kier alpha value is -0.120. The van der Waals surface area contributed by atoms with Crippen LogP contribution < -0.4 is 5.32 Å². The molecule has 0 bridgehead atoms. The van der Waals surface area contributed by atoms with Crippen LogP contribution in [0.5, 0.6) is 0 Å². The topological polar surface area (TPSA) is 18.5 Å². The van der Waals surface area contributed by atoms with Crippen LogP contribution in [0.1, 0.15) is 33.1 Å². The van der Waals surface area contributed by atoms with Crippen LogP contribution in [-0.4, -0.2) is 63.2 Å². The maximum Gasteiger partial charge on any atom is 0.0216 e. The minimum absolute atomic E-state index is 0.673. The maximum absolute atomic E-state index is 3.69. The zero-order chi connectivity index (χ0) is 13.5. The Morgan fingerprint density at radius 2 is 2.06 bits per heavy atom. The molecule has 2 atom stereocenters. The van der Waals surface area contributed by atoms with Gasteiger partial charge < -0.3 is 15.1 Å². The highest BCUT2D eigenvalue weighted by Crippen LogP contribution is 2.14. The number of nitrogens with one attached hydrogen (secondary N) is 1. The van der Waals surface area contributed by atoms with Crippen molar-refractivity contribution in [3.63, 3.8) is 0 Å². The molecular weight excluding hydrogens is 222 g/mol. The Kier molecular flexibility index (Phi) is 7.20. The predicted molar refractivity (Wildman–Crippen MR) is 80.0 cm³/mol. The lowest BCUT2D eigenvalue weighted by molar-refractivity contribution is 0.197. The van der Waals surface area contributed by atoms with Gasteiger partial charge in [-0.25, -0.2) is 0 Å². The van der Waals surface area contributed by atoms with Crippen molar-refractivity contribution in [3.05, 3.63) is 0 Å². The van der Waals surface area contributed by atoms with Gasteiger partial charge in [0.1, 0.15) is 0 Å². The summed E-state index contributed by atoms with van der Waals surface area (Å²) in [5.41, 5.74) is 0. The zero-order valence-corrected chi connectivity index (χ0v) is 13.1. The van der Waals surface area contributed by atoms with Crippen molar-refractivity contribution in [1.29, 1.82) is 0 Å². The number of rotatable bonds is 7. The summed E-state index contributed by atoms with van der Waals surface area (Å²) >= 11 is 0. The van der Waals surface area contributed by atoms with E-state index in [9.17, 15) is 0 Å². The minimum atomic E-state index is 0.673. The molecule has 3 heteroatoms. The molecule has 108 valence electrons. The molecule has 1 fully saturated rings. The Labute approximate surface area is 114 Å². The van der Waals surface area contributed by atoms with Crippen LogP contribution in [0, 0.1) is 11.8 Å². The third-order valence-electron chi connectivity index (χ3n) is 4.01. The number of nitrogens with zero attached hydrogens (tertiary/aromatic N) is 2. The third-order valence-corrected chi connectivity index (χ3v) is 4.01. The first-order valence-electron chi connectivity index (χ1n) is 7.54. The van der Waals surface area contributed by atoms with Crippen LogP contribution in [0.15, 0.2) is 0 Å². The first-order valence-corrected chi connectivity index (χ1v) is 7.54. The molecule has 1 aliphatic rings. The van der Waals surface area contributed by atoms with E-state index < -0.39 is 0 Å². The van der Waals surface area contributed by atoms with E-state index in [-0.39, 0.29) is 0 Å². The van der Waals surface area contributed by atoms with Crippen molar-refractivity contribution >= 4 is 0 Å². The van der Waals surface area contributed by atoms with E-state index in [1.54, 1.807) is 0 Å². The van der Waals surface area contributed by atoms with Gasteiger partial charge in [-0.15, -0.1) is 0 Å². The lowest BCUT2D eigenvalue weighted by Gasteiger charge is -2.31. The van der Waals surface area contributed by atoms with E-state index in [1.165, 1.54) is 38.9 Å². The van der Waals surface area contributed by atoms with Crippen molar-refractivity contribution in [3.8, 4) is 0 Å². The van der Waals surface area contributed by atoms with Gasteiger partial charge in [0.25, 0.3) is 0 Å². The number of piperidine rings is 1. The molecule has 1 heterocycles. The smallest absolute Gasteiger partial charge is 0.0216 e. The van der Waals surface area contributed by atoms with Crippen LogP contribution in [0.25, 0.3) is 0 Å². The molecule has 1 aliphatic heterocycles. The van der Waals surface area contributed by atoms with E-state index in [2.05, 4.69) is 50.1 Å². The number of likely N-dealkylation sites (tertiary alicyclic amines) is 1. The summed E-state index contributed by atoms with van der Waals surface area (Å²) in [4.78, 5) is 4.83. The molecule has 3 nitrogen and oxygen atoms in total. The van der Waals surface area contributed by atoms with Crippen molar-refractivity contribution in [2.24, 2.45) is 11.8 Å². The number of hydrogen-bond acceptors (Lipinski definition) is 3. The predicted octanol–water partition coefficient (Wildman–Crippen LogP) is 1.89. The van der Waals surface area contributed by atoms with Gasteiger partial charge in [-0.3, -0.25) is 0 Å². The van der Waals surface area contributed by atoms with E-state index in [0.29, 0.717) is 6.04 Å². The Balaban J connectivity index is 2.21. The van der Waals surface area contributed by atoms with E-state index in [1.807, 2.05) is 0 Å². The van der Waals surface area contributed by atoms with Gasteiger partial charge in [-0.2, -0.15) is 0 Å². The second-order valence-corrected chi connectivity index (χ2v) is 6.68. The van der Waals surface area contributed by atoms with Crippen LogP contribution >= 0.6 is 0 Å². The van der Waals surface area contributed by atoms with E-state index >= 15 is 0 Å². The summed E-state index contributed by atoms with van der Waals surface area (Å²) in [5, 5.41) is 3.69. The van der Waals surface area contributed by atoms with E-state index in [0.717, 1.165) is 18.4 Å². The lowest BCUT2D eigenvalue weighted by Crippen LogP contribution is -2.43. The molecule has 0 spiro atoms. The highest BCUT2D eigenvalue weighted by molar-refractivity contribution is 4.75. The molecule has 0 aromatic carbocycles. The largest absolute Gasteiger partial charge is 0.315 e. The molecule has 2 unspecified atom stereocenters. The normalized spacial score (nSPS) is 23.8. The molecule has 0 radical (unpaired) electrons. The van der Waals surface area contributed by atoms with Crippen LogP contribution in [-0.2, 0) is 0 Å². The lowest BCUT2D eigenvalue weighted by atomic mass is 9.98. The number of likely N-dealkylation sites (N-methyl/N-ethyl adjacent to an activating group) is 1. The molecule has 1 N–H and O–H groups in total. The van der Waals surface area contributed by atoms with Gasteiger partial charge in [-0.05, 0) is 65.3 Å². The standard InChI is InChI=1S/C15H33N3/c1-13(2)9-15(17(3)4)11-16-10-14-7-6-8-18(5)12-14/h13-16H,6-12H2,1-5H3. The van der Waals surface area contributed by atoms with Crippen LogP contribution in [0.3, 0.4) is 0 Å². The molecule has 0 saturated carbocycles. The van der Waals surface area contributed by atoms with Crippen molar-refractivity contribution in [2.75, 3.05) is 47.3 Å². The Morgan fingerprint density at radius 1 is 1.33 bits per heavy atom. The van der Waals surface area contributed by atoms with Crippen LogP contribution in [0.2, 0.25) is 0 Å². The van der Waals surface area contributed by atoms with Gasteiger partial charge >= 0.3 is 0 Å². The second kappa shape index (κ2) is 8.13. The first kappa shape index (κ1) is 15.9. The molecule has 0 amide bonds. The van der Waals surface area contributed by atoms with E-state index in [4.69, 9.17) is 0 Å². The summed E-state index contributed by atoms with van der Waals surface area (Å²) in [6, 6.07) is 0.673. The Morgan fingerprint density at radius 3 is 2.61 bits per heavy atom. The van der Waals surface area contributed by atoms with Gasteiger partial charge in [-0.1, -0.05) is 13.8 Å². The molecule has 1 rings (SSSR count). The first-order chi connectivity index (χ1) is 8.49. The van der Waals surface area contributed by atoms with Crippen LogP contribution in [0.4, 0.5) is 0 Å². The van der Waals surface area contributed by atoms with Crippen molar-refractivity contribution in [2.45, 2.75) is 39.2 Å². The molecule has 0 aromatic rings. The van der Waals surface area contributed by atoms with Gasteiger partial charge in [0, 0.05) is 19.1 Å². The SMILES string of the molecule is CC(C)CC(CNCC1CCCN(C)C1)N(C)C. The highest BCUT2D eigenvalue weighted by Gasteiger charge is 2.18. The van der Waals surface area contributed by atoms with Crippen molar-refractivity contribution < 1.29 is 0 Å². The second-order valence-electron chi connectivity index (χ2n) is 6.68. The summed E-state index contributed by atoms with van der Waals surface area (Å²) in [6.07, 6.45) is 4.05. The molecular formula is C15H33N3. The fraction of sp³-hybridized carbons (Fsp3) is 1.00.